The molecule has 0 fully saturated rings. The summed E-state index contributed by atoms with van der Waals surface area (Å²) in [6, 6.07) is 0. The third-order valence-electron chi connectivity index (χ3n) is 0. The van der Waals surface area contributed by atoms with Crippen molar-refractivity contribution in [1.82, 2.24) is 0 Å². The molecule has 0 rings (SSSR count). The molecule has 0 saturated heterocycles. The predicted molar refractivity (Wildman–Crippen MR) is 10.8 cm³/mol. The van der Waals surface area contributed by atoms with Crippen LogP contribution in [0.4, 0.5) is 9.59 Å². The van der Waals surface area contributed by atoms with Crippen molar-refractivity contribution in [2.45, 2.75) is 0 Å². The van der Waals surface area contributed by atoms with E-state index in [-0.39, 0.29) is 92.7 Å². The van der Waals surface area contributed by atoms with E-state index in [0.717, 1.165) is 0 Å². The van der Waals surface area contributed by atoms with Crippen LogP contribution >= 0.6 is 0 Å². The molecular formula is C2KO6Pr. The van der Waals surface area contributed by atoms with Gasteiger partial charge in [-0.3, -0.25) is 0 Å². The molecule has 0 amide bonds. The van der Waals surface area contributed by atoms with Gasteiger partial charge in [0.15, 0.2) is 0 Å². The molecule has 0 aliphatic rings. The second-order valence-corrected chi connectivity index (χ2v) is 0.500. The van der Waals surface area contributed by atoms with Gasteiger partial charge in [-0.2, -0.15) is 0 Å². The molecule has 10 heavy (non-hydrogen) atoms. The summed E-state index contributed by atoms with van der Waals surface area (Å²) in [5.41, 5.74) is 0. The van der Waals surface area contributed by atoms with Crippen molar-refractivity contribution >= 4 is 12.3 Å². The van der Waals surface area contributed by atoms with E-state index in [1.54, 1.807) is 0 Å². The molecule has 0 aliphatic heterocycles. The molecule has 0 radical (unpaired) electrons. The number of carbonyl (C=O) groups is 2. The first-order valence-electron chi connectivity index (χ1n) is 1.22. The van der Waals surface area contributed by atoms with Crippen LogP contribution in [0, 0.1) is 41.3 Å². The predicted octanol–water partition coefficient (Wildman–Crippen LogP) is -7.89. The van der Waals surface area contributed by atoms with Crippen LogP contribution in [0.5, 0.6) is 0 Å². The smallest absolute Gasteiger partial charge is 0.652 e. The summed E-state index contributed by atoms with van der Waals surface area (Å²) in [6.45, 7) is 0. The standard InChI is InChI=1S/2CH2O3.K.Pr/c2*2-1(3)4;;/h2*(H2,2,3,4);;/q;;+1;+3/p-4. The Hall–Kier alpha value is 1.54. The van der Waals surface area contributed by atoms with Gasteiger partial charge in [-0.25, -0.2) is 0 Å². The van der Waals surface area contributed by atoms with Gasteiger partial charge in [-0.15, -0.1) is 0 Å². The molecule has 0 aromatic heterocycles. The Morgan fingerprint density at radius 3 is 0.800 bits per heavy atom. The van der Waals surface area contributed by atoms with E-state index in [1.165, 1.54) is 0 Å². The normalized spacial score (nSPS) is 4.80. The van der Waals surface area contributed by atoms with Crippen molar-refractivity contribution in [2.24, 2.45) is 0 Å². The second kappa shape index (κ2) is 16.9. The number of carboxylic acid groups (broad SMARTS) is 4. The van der Waals surface area contributed by atoms with Crippen LogP contribution in [0.15, 0.2) is 0 Å². The van der Waals surface area contributed by atoms with Gasteiger partial charge in [0, 0.05) is 0 Å². The first-order valence-corrected chi connectivity index (χ1v) is 1.22. The molecule has 0 heterocycles. The molecule has 0 aliphatic carbocycles. The number of hydrogen-bond acceptors (Lipinski definition) is 6. The molecular weight excluding hydrogens is 300 g/mol. The molecule has 0 unspecified atom stereocenters. The van der Waals surface area contributed by atoms with E-state index in [0.29, 0.717) is 0 Å². The minimum atomic E-state index is -2.33. The van der Waals surface area contributed by atoms with E-state index >= 15 is 0 Å². The molecule has 0 aromatic rings. The van der Waals surface area contributed by atoms with Gasteiger partial charge in [0.2, 0.25) is 0 Å². The number of hydrogen-bond donors (Lipinski definition) is 0. The van der Waals surface area contributed by atoms with Gasteiger partial charge < -0.3 is 30.0 Å². The Kier molecular flexibility index (Phi) is 38.0. The zero-order valence-electron chi connectivity index (χ0n) is 5.03. The zero-order chi connectivity index (χ0) is 7.15. The summed E-state index contributed by atoms with van der Waals surface area (Å²) in [5, 5.41) is 33.3. The largest absolute Gasteiger partial charge is 3.00 e. The topological polar surface area (TPSA) is 126 Å². The molecule has 48 valence electrons. The molecule has 0 bridgehead atoms. The van der Waals surface area contributed by atoms with E-state index in [2.05, 4.69) is 0 Å². The minimum absolute atomic E-state index is 0. The summed E-state index contributed by atoms with van der Waals surface area (Å²) in [7, 11) is 0. The molecule has 0 saturated carbocycles. The Labute approximate surface area is 132 Å². The summed E-state index contributed by atoms with van der Waals surface area (Å²) >= 11 is 0. The number of rotatable bonds is 0. The van der Waals surface area contributed by atoms with Crippen molar-refractivity contribution in [1.29, 1.82) is 0 Å². The fourth-order valence-electron chi connectivity index (χ4n) is 0. The monoisotopic (exact) mass is 300 g/mol. The zero-order valence-corrected chi connectivity index (χ0v) is 11.9. The average Bonchev–Trinajstić information content (AvgIpc) is 1.25. The Bertz CT molecular complexity index is 73.7. The summed E-state index contributed by atoms with van der Waals surface area (Å²) in [4.78, 5) is 16.7. The fraction of sp³-hybridized carbons (Fsp3) is 0. The van der Waals surface area contributed by atoms with E-state index in [9.17, 15) is 0 Å². The van der Waals surface area contributed by atoms with Gasteiger partial charge in [-0.05, 0) is 12.3 Å². The SMILES string of the molecule is O=C([O-])[O-].O=C([O-])[O-].[K+].[Pr+3]. The summed E-state index contributed by atoms with van der Waals surface area (Å²) in [5.74, 6) is 0. The van der Waals surface area contributed by atoms with Crippen molar-refractivity contribution in [3.05, 3.63) is 0 Å². The first kappa shape index (κ1) is 22.5. The van der Waals surface area contributed by atoms with Gasteiger partial charge in [0.05, 0.1) is 0 Å². The number of carbonyl (C=O) groups excluding carboxylic acids is 2. The summed E-state index contributed by atoms with van der Waals surface area (Å²) in [6.07, 6.45) is -4.67. The average molecular weight is 300 g/mol. The second-order valence-electron chi connectivity index (χ2n) is 0.500. The third kappa shape index (κ3) is 293. The molecule has 0 spiro atoms. The molecule has 0 N–H and O–H groups in total. The van der Waals surface area contributed by atoms with Crippen LogP contribution in [0.3, 0.4) is 0 Å². The third-order valence-corrected chi connectivity index (χ3v) is 0. The van der Waals surface area contributed by atoms with Crippen molar-refractivity contribution in [3.63, 3.8) is 0 Å². The van der Waals surface area contributed by atoms with E-state index in [4.69, 9.17) is 30.0 Å². The van der Waals surface area contributed by atoms with Gasteiger partial charge in [0.1, 0.15) is 0 Å². The van der Waals surface area contributed by atoms with E-state index < -0.39 is 12.3 Å². The Morgan fingerprint density at radius 2 is 0.800 bits per heavy atom. The van der Waals surface area contributed by atoms with Gasteiger partial charge in [-0.1, -0.05) is 0 Å². The maximum atomic E-state index is 8.33. The molecule has 0 atom stereocenters. The maximum Gasteiger partial charge on any atom is 3.00 e. The molecule has 6 nitrogen and oxygen atoms in total. The van der Waals surface area contributed by atoms with Crippen LogP contribution in [-0.2, 0) is 0 Å². The Morgan fingerprint density at radius 1 is 0.800 bits per heavy atom. The molecule has 0 aromatic carbocycles. The maximum absolute atomic E-state index is 8.33. The molecule has 8 heteroatoms. The Balaban J connectivity index is -0.0000000300. The van der Waals surface area contributed by atoms with E-state index in [1.807, 2.05) is 0 Å². The van der Waals surface area contributed by atoms with Crippen LogP contribution < -0.4 is 71.8 Å². The van der Waals surface area contributed by atoms with Crippen molar-refractivity contribution in [2.75, 3.05) is 0 Å². The van der Waals surface area contributed by atoms with Crippen LogP contribution in [-0.4, -0.2) is 12.3 Å². The quantitative estimate of drug-likeness (QED) is 0.409. The van der Waals surface area contributed by atoms with Crippen LogP contribution in [0.25, 0.3) is 0 Å². The van der Waals surface area contributed by atoms with Crippen LogP contribution in [0.1, 0.15) is 0 Å². The van der Waals surface area contributed by atoms with Crippen molar-refractivity contribution < 1.29 is 123 Å². The first-order chi connectivity index (χ1) is 3.46. The minimum Gasteiger partial charge on any atom is -0.652 e. The van der Waals surface area contributed by atoms with Gasteiger partial charge in [0.25, 0.3) is 0 Å². The summed E-state index contributed by atoms with van der Waals surface area (Å²) < 4.78 is 0. The van der Waals surface area contributed by atoms with Gasteiger partial charge >= 0.3 is 92.7 Å². The fourth-order valence-corrected chi connectivity index (χ4v) is 0. The van der Waals surface area contributed by atoms with Crippen molar-refractivity contribution in [3.8, 4) is 0 Å². The van der Waals surface area contributed by atoms with Crippen LogP contribution in [0.2, 0.25) is 0 Å².